The minimum absolute atomic E-state index is 0.0373. The first kappa shape index (κ1) is 35.5. The van der Waals surface area contributed by atoms with Crippen LogP contribution in [0.4, 0.5) is 20.3 Å². The fraction of sp³-hybridized carbons (Fsp3) is 0.359. The number of carbonyl (C=O) groups is 1. The van der Waals surface area contributed by atoms with Gasteiger partial charge in [0, 0.05) is 47.8 Å². The van der Waals surface area contributed by atoms with Crippen LogP contribution in [0.1, 0.15) is 60.9 Å². The number of piperidine rings is 1. The van der Waals surface area contributed by atoms with Crippen LogP contribution in [0.25, 0.3) is 33.2 Å². The summed E-state index contributed by atoms with van der Waals surface area (Å²) in [5.74, 6) is 0.904. The summed E-state index contributed by atoms with van der Waals surface area (Å²) < 4.78 is 34.1. The molecule has 5 heterocycles. The summed E-state index contributed by atoms with van der Waals surface area (Å²) in [4.78, 5) is 32.9. The van der Waals surface area contributed by atoms with Crippen LogP contribution in [0.2, 0.25) is 5.02 Å². The van der Waals surface area contributed by atoms with E-state index in [1.54, 1.807) is 13.2 Å². The van der Waals surface area contributed by atoms with Crippen molar-refractivity contribution in [3.63, 3.8) is 0 Å². The van der Waals surface area contributed by atoms with E-state index in [1.165, 1.54) is 24.9 Å². The van der Waals surface area contributed by atoms with Gasteiger partial charge in [0.1, 0.15) is 11.5 Å². The van der Waals surface area contributed by atoms with Gasteiger partial charge in [0.2, 0.25) is 11.8 Å². The summed E-state index contributed by atoms with van der Waals surface area (Å²) in [6.45, 7) is 3.93. The summed E-state index contributed by atoms with van der Waals surface area (Å²) in [5.41, 5.74) is 6.16. The van der Waals surface area contributed by atoms with Crippen molar-refractivity contribution in [3.8, 4) is 28.3 Å². The molecule has 5 aromatic rings. The first-order chi connectivity index (χ1) is 25.1. The van der Waals surface area contributed by atoms with Gasteiger partial charge in [0.25, 0.3) is 12.0 Å². The molecule has 1 amide bonds. The average Bonchev–Trinajstić information content (AvgIpc) is 3.80. The molecule has 2 fully saturated rings. The predicted octanol–water partition coefficient (Wildman–Crippen LogP) is 7.22. The molecule has 0 saturated carbocycles. The van der Waals surface area contributed by atoms with E-state index in [-0.39, 0.29) is 28.0 Å². The number of methoxy groups -OCH3 is 1. The number of aromatic nitrogens is 4. The van der Waals surface area contributed by atoms with Crippen LogP contribution in [0, 0.1) is 6.92 Å². The molecule has 1 atom stereocenters. The van der Waals surface area contributed by atoms with Crippen molar-refractivity contribution >= 4 is 39.8 Å². The van der Waals surface area contributed by atoms with Crippen molar-refractivity contribution in [2.45, 2.75) is 63.8 Å². The van der Waals surface area contributed by atoms with Gasteiger partial charge in [-0.1, -0.05) is 41.9 Å². The molecular weight excluding hydrogens is 688 g/mol. The van der Waals surface area contributed by atoms with Crippen molar-refractivity contribution in [2.75, 3.05) is 25.5 Å². The fourth-order valence-electron chi connectivity index (χ4n) is 7.53. The number of carbonyl (C=O) groups excluding carboxylic acids is 1. The van der Waals surface area contributed by atoms with Gasteiger partial charge in [-0.2, -0.15) is 5.10 Å². The number of rotatable bonds is 6. The lowest BCUT2D eigenvalue weighted by Gasteiger charge is -2.33. The third kappa shape index (κ3) is 6.84. The van der Waals surface area contributed by atoms with Gasteiger partial charge in [-0.05, 0) is 86.9 Å². The minimum atomic E-state index is -2.82. The molecule has 3 N–H and O–H groups in total. The molecule has 2 aliphatic heterocycles. The van der Waals surface area contributed by atoms with E-state index in [2.05, 4.69) is 32.1 Å². The number of halogens is 3. The van der Waals surface area contributed by atoms with Crippen LogP contribution < -0.4 is 26.2 Å². The number of hydrogen-bond acceptors (Lipinski definition) is 8. The number of ether oxygens (including phenoxy) is 1. The lowest BCUT2D eigenvalue weighted by molar-refractivity contribution is -0.124. The van der Waals surface area contributed by atoms with E-state index in [4.69, 9.17) is 21.3 Å². The van der Waals surface area contributed by atoms with Crippen LogP contribution in [-0.2, 0) is 24.7 Å². The SMILES string of the molecule is COc1nc(-c2cccc(-c3cccc(Nc4nc(C(F)F)cc5cnn(C)c(=O)c45)c3C)c2Cl)cc2c1CCC2.O=C1CCCC2(CCNC2)N1. The molecule has 13 heteroatoms. The molecule has 1 aliphatic carbocycles. The van der Waals surface area contributed by atoms with Crippen LogP contribution in [0.5, 0.6) is 5.88 Å². The third-order valence-corrected chi connectivity index (χ3v) is 10.7. The van der Waals surface area contributed by atoms with Gasteiger partial charge in [-0.15, -0.1) is 0 Å². The molecule has 0 bridgehead atoms. The number of fused-ring (bicyclic) bond motifs is 2. The molecule has 270 valence electrons. The standard InChI is InChI=1S/C31H26ClF2N5O2.C8H14N2O/c1-16-19(21-10-5-11-22(27(21)32)24-13-17-7-4-9-20(17)30(38-24)41-3)8-6-12-23(16)36-29-26-18(14-25(37-29)28(33)34)15-35-39(2)31(26)40;11-7-2-1-3-8(10-7)4-5-9-6-8/h5-6,8,10-15,28H,4,7,9H2,1-3H3,(H,36,37);9H,1-6H2,(H,10,11). The Morgan fingerprint density at radius 3 is 2.54 bits per heavy atom. The highest BCUT2D eigenvalue weighted by Gasteiger charge is 2.37. The summed E-state index contributed by atoms with van der Waals surface area (Å²) in [6, 6.07) is 14.6. The van der Waals surface area contributed by atoms with Gasteiger partial charge in [0.15, 0.2) is 0 Å². The summed E-state index contributed by atoms with van der Waals surface area (Å²) in [5, 5.41) is 14.5. The van der Waals surface area contributed by atoms with Crippen molar-refractivity contribution in [1.82, 2.24) is 30.4 Å². The number of anilines is 2. The van der Waals surface area contributed by atoms with Gasteiger partial charge >= 0.3 is 0 Å². The highest BCUT2D eigenvalue weighted by atomic mass is 35.5. The summed E-state index contributed by atoms with van der Waals surface area (Å²) in [6.07, 6.45) is 5.61. The lowest BCUT2D eigenvalue weighted by Crippen LogP contribution is -2.52. The zero-order chi connectivity index (χ0) is 36.6. The second kappa shape index (κ2) is 14.6. The molecule has 2 saturated heterocycles. The largest absolute Gasteiger partial charge is 0.481 e. The maximum Gasteiger partial charge on any atom is 0.280 e. The Morgan fingerprint density at radius 1 is 1.00 bits per heavy atom. The normalized spacial score (nSPS) is 17.9. The third-order valence-electron chi connectivity index (χ3n) is 10.3. The maximum atomic E-state index is 13.7. The molecule has 52 heavy (non-hydrogen) atoms. The van der Waals surface area contributed by atoms with Gasteiger partial charge in [-0.3, -0.25) is 9.59 Å². The first-order valence-corrected chi connectivity index (χ1v) is 17.8. The van der Waals surface area contributed by atoms with E-state index in [0.29, 0.717) is 16.6 Å². The zero-order valence-electron chi connectivity index (χ0n) is 29.3. The second-order valence-electron chi connectivity index (χ2n) is 13.6. The molecule has 2 aromatic carbocycles. The number of pyridine rings is 2. The molecule has 8 rings (SSSR count). The van der Waals surface area contributed by atoms with E-state index in [1.807, 2.05) is 37.3 Å². The molecule has 1 unspecified atom stereocenters. The highest BCUT2D eigenvalue weighted by Crippen LogP contribution is 2.41. The van der Waals surface area contributed by atoms with Gasteiger partial charge in [-0.25, -0.2) is 23.4 Å². The molecule has 1 spiro atoms. The van der Waals surface area contributed by atoms with Crippen LogP contribution >= 0.6 is 11.6 Å². The van der Waals surface area contributed by atoms with Crippen LogP contribution in [0.15, 0.2) is 59.5 Å². The minimum Gasteiger partial charge on any atom is -0.481 e. The number of hydrogen-bond donors (Lipinski definition) is 3. The number of alkyl halides is 2. The second-order valence-corrected chi connectivity index (χ2v) is 14.0. The Bertz CT molecular complexity index is 2240. The predicted molar refractivity (Wildman–Crippen MR) is 199 cm³/mol. The van der Waals surface area contributed by atoms with Crippen LogP contribution in [0.3, 0.4) is 0 Å². The number of nitrogens with one attached hydrogen (secondary N) is 3. The first-order valence-electron chi connectivity index (χ1n) is 17.5. The average molecular weight is 728 g/mol. The Kier molecular flexibility index (Phi) is 9.95. The number of amides is 1. The molecule has 0 radical (unpaired) electrons. The highest BCUT2D eigenvalue weighted by molar-refractivity contribution is 6.36. The lowest BCUT2D eigenvalue weighted by atomic mass is 9.88. The van der Waals surface area contributed by atoms with E-state index < -0.39 is 17.7 Å². The fourth-order valence-corrected chi connectivity index (χ4v) is 7.85. The molecule has 10 nitrogen and oxygen atoms in total. The van der Waals surface area contributed by atoms with E-state index in [0.717, 1.165) is 96.2 Å². The van der Waals surface area contributed by atoms with Crippen molar-refractivity contribution in [3.05, 3.63) is 92.5 Å². The monoisotopic (exact) mass is 727 g/mol. The Hall–Kier alpha value is -4.94. The molecule has 3 aromatic heterocycles. The smallest absolute Gasteiger partial charge is 0.280 e. The van der Waals surface area contributed by atoms with Crippen molar-refractivity contribution in [2.24, 2.45) is 7.05 Å². The van der Waals surface area contributed by atoms with E-state index in [9.17, 15) is 18.4 Å². The summed E-state index contributed by atoms with van der Waals surface area (Å²) >= 11 is 7.03. The Morgan fingerprint density at radius 2 is 1.79 bits per heavy atom. The number of nitrogens with zero attached hydrogens (tertiary/aromatic N) is 4. The Labute approximate surface area is 305 Å². The topological polar surface area (TPSA) is 123 Å². The van der Waals surface area contributed by atoms with Crippen molar-refractivity contribution < 1.29 is 18.3 Å². The van der Waals surface area contributed by atoms with E-state index >= 15 is 0 Å². The van der Waals surface area contributed by atoms with Crippen molar-refractivity contribution in [1.29, 1.82) is 0 Å². The van der Waals surface area contributed by atoms with Gasteiger partial charge < -0.3 is 20.7 Å². The summed E-state index contributed by atoms with van der Waals surface area (Å²) in [7, 11) is 3.13. The van der Waals surface area contributed by atoms with Gasteiger partial charge in [0.05, 0.1) is 34.9 Å². The Balaban J connectivity index is 0.000000324. The number of benzene rings is 2. The molecule has 3 aliphatic rings. The quantitative estimate of drug-likeness (QED) is 0.168. The zero-order valence-corrected chi connectivity index (χ0v) is 30.0. The molecular formula is C39H40ClF2N7O3. The maximum absolute atomic E-state index is 13.7. The van der Waals surface area contributed by atoms with Crippen LogP contribution in [-0.4, -0.2) is 51.4 Å². The number of aryl methyl sites for hydroxylation is 2.